The lowest BCUT2D eigenvalue weighted by Gasteiger charge is -1.91. The number of hydrogen-bond donors (Lipinski definition) is 0. The normalized spacial score (nSPS) is 10.6. The number of aryl methyl sites for hydroxylation is 1. The molecule has 13 heavy (non-hydrogen) atoms. The van der Waals surface area contributed by atoms with Crippen molar-refractivity contribution in [3.63, 3.8) is 0 Å². The Labute approximate surface area is 79.3 Å². The average Bonchev–Trinajstić information content (AvgIpc) is 2.43. The molecule has 0 saturated heterocycles. The van der Waals surface area contributed by atoms with Gasteiger partial charge in [-0.2, -0.15) is 0 Å². The number of aromatic nitrogens is 1. The zero-order valence-corrected chi connectivity index (χ0v) is 7.63. The Balaban J connectivity index is 2.82. The Hall–Kier alpha value is -1.35. The van der Waals surface area contributed by atoms with Gasteiger partial charge in [0.15, 0.2) is 11.5 Å². The third-order valence-electron chi connectivity index (χ3n) is 1.74. The Morgan fingerprint density at radius 1 is 1.54 bits per heavy atom. The number of fused-ring (bicyclic) bond motifs is 1. The summed E-state index contributed by atoms with van der Waals surface area (Å²) >= 11 is 5.37. The fraction of sp³-hybridized carbons (Fsp3) is 0.111. The van der Waals surface area contributed by atoms with Crippen molar-refractivity contribution in [2.45, 2.75) is 6.92 Å². The molecule has 0 N–H and O–H groups in total. The van der Waals surface area contributed by atoms with Crippen LogP contribution >= 0.6 is 11.6 Å². The molecule has 1 aromatic heterocycles. The molecule has 2 rings (SSSR count). The molecule has 1 aromatic carbocycles. The second-order valence-electron chi connectivity index (χ2n) is 2.66. The molecule has 0 spiro atoms. The number of benzene rings is 1. The standard InChI is InChI=1S/C9H6ClNO2/c1-5-11-8-6(9(10)12)3-2-4-7(8)13-5/h2-4H,1H3. The van der Waals surface area contributed by atoms with Gasteiger partial charge in [0.05, 0.1) is 5.56 Å². The number of hydrogen-bond acceptors (Lipinski definition) is 3. The van der Waals surface area contributed by atoms with E-state index < -0.39 is 5.24 Å². The van der Waals surface area contributed by atoms with E-state index in [1.54, 1.807) is 25.1 Å². The highest BCUT2D eigenvalue weighted by atomic mass is 35.5. The van der Waals surface area contributed by atoms with Crippen LogP contribution < -0.4 is 0 Å². The van der Waals surface area contributed by atoms with Gasteiger partial charge in [0.1, 0.15) is 5.52 Å². The van der Waals surface area contributed by atoms with Crippen molar-refractivity contribution in [2.75, 3.05) is 0 Å². The molecule has 0 unspecified atom stereocenters. The molecule has 2 aromatic rings. The lowest BCUT2D eigenvalue weighted by Crippen LogP contribution is -1.89. The Morgan fingerprint density at radius 2 is 2.31 bits per heavy atom. The summed E-state index contributed by atoms with van der Waals surface area (Å²) in [5, 5.41) is -0.515. The quantitative estimate of drug-likeness (QED) is 0.657. The maximum atomic E-state index is 11.0. The predicted octanol–water partition coefficient (Wildman–Crippen LogP) is 2.52. The van der Waals surface area contributed by atoms with Crippen LogP contribution in [0.3, 0.4) is 0 Å². The largest absolute Gasteiger partial charge is 0.441 e. The van der Waals surface area contributed by atoms with Crippen LogP contribution in [-0.2, 0) is 0 Å². The third-order valence-corrected chi connectivity index (χ3v) is 1.94. The van der Waals surface area contributed by atoms with E-state index in [2.05, 4.69) is 4.98 Å². The zero-order valence-electron chi connectivity index (χ0n) is 6.87. The summed E-state index contributed by atoms with van der Waals surface area (Å²) in [5.41, 5.74) is 1.50. The van der Waals surface area contributed by atoms with E-state index in [9.17, 15) is 4.79 Å². The molecule has 0 bridgehead atoms. The van der Waals surface area contributed by atoms with Gasteiger partial charge in [-0.05, 0) is 23.7 Å². The molecule has 0 atom stereocenters. The minimum absolute atomic E-state index is 0.385. The first-order chi connectivity index (χ1) is 6.18. The van der Waals surface area contributed by atoms with Crippen molar-refractivity contribution in [1.82, 2.24) is 4.98 Å². The molecule has 0 aliphatic heterocycles. The van der Waals surface area contributed by atoms with E-state index in [4.69, 9.17) is 16.0 Å². The molecule has 0 fully saturated rings. The second-order valence-corrected chi connectivity index (χ2v) is 3.00. The molecule has 0 radical (unpaired) electrons. The number of para-hydroxylation sites is 1. The number of oxazole rings is 1. The predicted molar refractivity (Wildman–Crippen MR) is 48.9 cm³/mol. The van der Waals surface area contributed by atoms with Crippen LogP contribution in [0, 0.1) is 6.92 Å². The van der Waals surface area contributed by atoms with Crippen LogP contribution in [0.15, 0.2) is 22.6 Å². The van der Waals surface area contributed by atoms with Gasteiger partial charge in [-0.1, -0.05) is 6.07 Å². The van der Waals surface area contributed by atoms with E-state index in [1.807, 2.05) is 0 Å². The fourth-order valence-electron chi connectivity index (χ4n) is 1.22. The highest BCUT2D eigenvalue weighted by Crippen LogP contribution is 2.20. The van der Waals surface area contributed by atoms with Crippen LogP contribution in [-0.4, -0.2) is 10.2 Å². The Kier molecular flexibility index (Phi) is 1.81. The first-order valence-corrected chi connectivity index (χ1v) is 4.12. The van der Waals surface area contributed by atoms with E-state index >= 15 is 0 Å². The highest BCUT2D eigenvalue weighted by Gasteiger charge is 2.11. The molecule has 66 valence electrons. The average molecular weight is 196 g/mol. The van der Waals surface area contributed by atoms with Crippen molar-refractivity contribution in [3.05, 3.63) is 29.7 Å². The van der Waals surface area contributed by atoms with Crippen LogP contribution in [0.4, 0.5) is 0 Å². The number of carbonyl (C=O) groups is 1. The summed E-state index contributed by atoms with van der Waals surface area (Å²) in [4.78, 5) is 15.0. The maximum absolute atomic E-state index is 11.0. The summed E-state index contributed by atoms with van der Waals surface area (Å²) < 4.78 is 5.24. The van der Waals surface area contributed by atoms with Crippen molar-refractivity contribution in [3.8, 4) is 0 Å². The second kappa shape index (κ2) is 2.85. The smallest absolute Gasteiger partial charge is 0.254 e. The van der Waals surface area contributed by atoms with E-state index in [1.165, 1.54) is 0 Å². The van der Waals surface area contributed by atoms with Gasteiger partial charge in [0.2, 0.25) is 0 Å². The van der Waals surface area contributed by atoms with Crippen molar-refractivity contribution >= 4 is 27.9 Å². The van der Waals surface area contributed by atoms with Crippen LogP contribution in [0.5, 0.6) is 0 Å². The van der Waals surface area contributed by atoms with E-state index in [0.717, 1.165) is 0 Å². The van der Waals surface area contributed by atoms with Gasteiger partial charge in [-0.15, -0.1) is 0 Å². The van der Waals surface area contributed by atoms with Gasteiger partial charge < -0.3 is 4.42 Å². The maximum Gasteiger partial charge on any atom is 0.254 e. The van der Waals surface area contributed by atoms with E-state index in [-0.39, 0.29) is 0 Å². The fourth-order valence-corrected chi connectivity index (χ4v) is 1.37. The molecule has 0 aliphatic carbocycles. The first kappa shape index (κ1) is 8.26. The minimum Gasteiger partial charge on any atom is -0.441 e. The molecular formula is C9H6ClNO2. The summed E-state index contributed by atoms with van der Waals surface area (Å²) in [6.45, 7) is 1.72. The monoisotopic (exact) mass is 195 g/mol. The first-order valence-electron chi connectivity index (χ1n) is 3.74. The van der Waals surface area contributed by atoms with E-state index in [0.29, 0.717) is 22.6 Å². The topological polar surface area (TPSA) is 43.1 Å². The third kappa shape index (κ3) is 1.31. The van der Waals surface area contributed by atoms with Crippen LogP contribution in [0.2, 0.25) is 0 Å². The molecular weight excluding hydrogens is 190 g/mol. The van der Waals surface area contributed by atoms with Gasteiger partial charge in [-0.25, -0.2) is 4.98 Å². The van der Waals surface area contributed by atoms with Gasteiger partial charge in [-0.3, -0.25) is 4.79 Å². The number of nitrogens with zero attached hydrogens (tertiary/aromatic N) is 1. The summed E-state index contributed by atoms with van der Waals surface area (Å²) in [7, 11) is 0. The molecule has 0 amide bonds. The Bertz CT molecular complexity index is 475. The number of carbonyl (C=O) groups excluding carboxylic acids is 1. The summed E-state index contributed by atoms with van der Waals surface area (Å²) in [5.74, 6) is 0.528. The molecule has 0 saturated carbocycles. The lowest BCUT2D eigenvalue weighted by molar-refractivity contribution is 0.108. The molecule has 1 heterocycles. The highest BCUT2D eigenvalue weighted by molar-refractivity contribution is 6.68. The van der Waals surface area contributed by atoms with Crippen molar-refractivity contribution in [1.29, 1.82) is 0 Å². The van der Waals surface area contributed by atoms with Crippen LogP contribution in [0.1, 0.15) is 16.2 Å². The SMILES string of the molecule is Cc1nc2c(C(=O)Cl)cccc2o1. The molecule has 0 aliphatic rings. The zero-order chi connectivity index (χ0) is 9.42. The summed E-state index contributed by atoms with van der Waals surface area (Å²) in [6.07, 6.45) is 0. The van der Waals surface area contributed by atoms with Crippen LogP contribution in [0.25, 0.3) is 11.1 Å². The van der Waals surface area contributed by atoms with Gasteiger partial charge >= 0.3 is 0 Å². The van der Waals surface area contributed by atoms with Crippen molar-refractivity contribution < 1.29 is 9.21 Å². The summed E-state index contributed by atoms with van der Waals surface area (Å²) in [6, 6.07) is 5.08. The molecule has 3 nitrogen and oxygen atoms in total. The van der Waals surface area contributed by atoms with Gasteiger partial charge in [0, 0.05) is 6.92 Å². The number of halogens is 1. The Morgan fingerprint density at radius 3 is 3.00 bits per heavy atom. The van der Waals surface area contributed by atoms with Gasteiger partial charge in [0.25, 0.3) is 5.24 Å². The van der Waals surface area contributed by atoms with Crippen molar-refractivity contribution in [2.24, 2.45) is 0 Å². The minimum atomic E-state index is -0.515. The number of rotatable bonds is 1. The molecule has 4 heteroatoms. The lowest BCUT2D eigenvalue weighted by atomic mass is 10.2.